The highest BCUT2D eigenvalue weighted by Crippen LogP contribution is 2.57. The van der Waals surface area contributed by atoms with Crippen LogP contribution in [0.2, 0.25) is 0 Å². The van der Waals surface area contributed by atoms with Crippen LogP contribution in [-0.4, -0.2) is 77.9 Å². The number of fused-ring (bicyclic) bond motifs is 2. The van der Waals surface area contributed by atoms with Gasteiger partial charge in [0.25, 0.3) is 5.91 Å². The summed E-state index contributed by atoms with van der Waals surface area (Å²) in [6.45, 7) is 5.81. The van der Waals surface area contributed by atoms with Crippen molar-refractivity contribution in [1.82, 2.24) is 4.90 Å². The fourth-order valence-corrected chi connectivity index (χ4v) is 6.71. The molecule has 0 bridgehead atoms. The lowest BCUT2D eigenvalue weighted by molar-refractivity contribution is -0.160. The van der Waals surface area contributed by atoms with Crippen molar-refractivity contribution in [2.24, 2.45) is 17.8 Å². The van der Waals surface area contributed by atoms with Crippen molar-refractivity contribution in [3.05, 3.63) is 48.6 Å². The molecule has 9 heteroatoms. The lowest BCUT2D eigenvalue weighted by Crippen LogP contribution is -2.59. The molecule has 1 aromatic rings. The monoisotopic (exact) mass is 538 g/mol. The second kappa shape index (κ2) is 10.4. The summed E-state index contributed by atoms with van der Waals surface area (Å²) in [7, 11) is 1.58. The molecular formula is C30H38N2O7. The van der Waals surface area contributed by atoms with Gasteiger partial charge in [-0.2, -0.15) is 0 Å². The molecule has 0 aliphatic carbocycles. The maximum absolute atomic E-state index is 14.5. The van der Waals surface area contributed by atoms with Crippen molar-refractivity contribution in [2.45, 2.75) is 63.3 Å². The normalized spacial score (nSPS) is 34.2. The largest absolute Gasteiger partial charge is 0.497 e. The number of cyclic esters (lactones) is 1. The van der Waals surface area contributed by atoms with Gasteiger partial charge in [0.2, 0.25) is 5.91 Å². The molecule has 39 heavy (non-hydrogen) atoms. The van der Waals surface area contributed by atoms with E-state index < -0.39 is 41.1 Å². The molecule has 5 rings (SSSR count). The van der Waals surface area contributed by atoms with Gasteiger partial charge in [0.15, 0.2) is 0 Å². The van der Waals surface area contributed by atoms with Crippen LogP contribution in [0.5, 0.6) is 5.75 Å². The highest BCUT2D eigenvalue weighted by Gasteiger charge is 2.75. The zero-order valence-electron chi connectivity index (χ0n) is 23.0. The van der Waals surface area contributed by atoms with Crippen LogP contribution in [0.4, 0.5) is 5.69 Å². The smallest absolute Gasteiger partial charge is 0.313 e. The standard InChI is InChI=1S/C30H38N2O7/c1-19(2)22(18-33)32-25-27(35)31(20-10-12-21(37-4)13-11-20)16-9-15-30(25)23(26(32)34)24-28(36)38-17-8-6-5-7-14-29(24,3)39-30/h7,9-15,19,22-25,33H,5-6,8,16-18H2,1-4H3/b14-7-/t22-,23-,24-,25?,29+,30-/m0/s1. The molecule has 6 atom stereocenters. The predicted molar refractivity (Wildman–Crippen MR) is 144 cm³/mol. The number of amides is 2. The number of nitrogens with zero attached hydrogens (tertiary/aromatic N) is 2. The van der Waals surface area contributed by atoms with Crippen molar-refractivity contribution in [1.29, 1.82) is 0 Å². The van der Waals surface area contributed by atoms with E-state index in [0.29, 0.717) is 11.4 Å². The summed E-state index contributed by atoms with van der Waals surface area (Å²) in [5.74, 6) is -2.61. The van der Waals surface area contributed by atoms with Gasteiger partial charge in [0, 0.05) is 12.2 Å². The minimum Gasteiger partial charge on any atom is -0.497 e. The fourth-order valence-electron chi connectivity index (χ4n) is 6.71. The number of ether oxygens (including phenoxy) is 3. The van der Waals surface area contributed by atoms with E-state index in [1.165, 1.54) is 4.90 Å². The van der Waals surface area contributed by atoms with Crippen LogP contribution < -0.4 is 9.64 Å². The van der Waals surface area contributed by atoms with Crippen molar-refractivity contribution >= 4 is 23.5 Å². The second-order valence-electron chi connectivity index (χ2n) is 11.4. The number of methoxy groups -OCH3 is 1. The van der Waals surface area contributed by atoms with Crippen LogP contribution in [-0.2, 0) is 23.9 Å². The van der Waals surface area contributed by atoms with Gasteiger partial charge in [-0.1, -0.05) is 38.2 Å². The van der Waals surface area contributed by atoms with E-state index in [0.717, 1.165) is 19.3 Å². The topological polar surface area (TPSA) is 106 Å². The number of esters is 1. The van der Waals surface area contributed by atoms with Gasteiger partial charge in [0.05, 0.1) is 37.9 Å². The molecule has 0 radical (unpaired) electrons. The zero-order chi connectivity index (χ0) is 27.9. The van der Waals surface area contributed by atoms with E-state index in [1.807, 2.05) is 32.1 Å². The van der Waals surface area contributed by atoms with Gasteiger partial charge >= 0.3 is 5.97 Å². The first-order valence-corrected chi connectivity index (χ1v) is 13.8. The molecule has 9 nitrogen and oxygen atoms in total. The number of likely N-dealkylation sites (tertiary alicyclic amines) is 1. The Morgan fingerprint density at radius 3 is 2.46 bits per heavy atom. The summed E-state index contributed by atoms with van der Waals surface area (Å²) in [5.41, 5.74) is -1.91. The van der Waals surface area contributed by atoms with Gasteiger partial charge in [0.1, 0.15) is 23.3 Å². The third-order valence-corrected chi connectivity index (χ3v) is 8.64. The SMILES string of the molecule is COc1ccc(N2CC=C[C@]34O[C@]5(C)/C=C\CCCCOC(=O)[C@@H]5[C@H]3C(=O)N([C@@H](CO)C(C)C)C4C2=O)cc1. The van der Waals surface area contributed by atoms with Crippen LogP contribution in [0, 0.1) is 17.8 Å². The summed E-state index contributed by atoms with van der Waals surface area (Å²) < 4.78 is 17.8. The molecule has 210 valence electrons. The summed E-state index contributed by atoms with van der Waals surface area (Å²) in [6.07, 6.45) is 9.90. The van der Waals surface area contributed by atoms with Gasteiger partial charge in [-0.25, -0.2) is 0 Å². The Labute approximate surface area is 229 Å². The van der Waals surface area contributed by atoms with Crippen LogP contribution in [0.3, 0.4) is 0 Å². The number of anilines is 1. The molecule has 4 aliphatic rings. The number of hydrogen-bond donors (Lipinski definition) is 1. The predicted octanol–water partition coefficient (Wildman–Crippen LogP) is 2.87. The summed E-state index contributed by atoms with van der Waals surface area (Å²) in [6, 6.07) is 5.43. The molecule has 1 N–H and O–H groups in total. The Kier molecular flexibility index (Phi) is 7.33. The molecular weight excluding hydrogens is 500 g/mol. The minimum absolute atomic E-state index is 0.147. The zero-order valence-corrected chi connectivity index (χ0v) is 23.0. The number of hydrogen-bond acceptors (Lipinski definition) is 7. The first-order valence-electron chi connectivity index (χ1n) is 13.8. The Hall–Kier alpha value is -3.17. The minimum atomic E-state index is -1.41. The van der Waals surface area contributed by atoms with E-state index in [2.05, 4.69) is 0 Å². The van der Waals surface area contributed by atoms with Crippen LogP contribution in [0.1, 0.15) is 40.0 Å². The number of aliphatic hydroxyl groups excluding tert-OH is 1. The first kappa shape index (κ1) is 27.4. The highest BCUT2D eigenvalue weighted by molar-refractivity contribution is 6.05. The summed E-state index contributed by atoms with van der Waals surface area (Å²) >= 11 is 0. The number of benzene rings is 1. The Morgan fingerprint density at radius 1 is 1.05 bits per heavy atom. The maximum atomic E-state index is 14.5. The van der Waals surface area contributed by atoms with E-state index >= 15 is 0 Å². The number of carbonyl (C=O) groups excluding carboxylic acids is 3. The molecule has 0 saturated carbocycles. The second-order valence-corrected chi connectivity index (χ2v) is 11.4. The van der Waals surface area contributed by atoms with Gasteiger partial charge in [-0.05, 0) is 56.4 Å². The van der Waals surface area contributed by atoms with E-state index in [9.17, 15) is 19.5 Å². The van der Waals surface area contributed by atoms with Crippen molar-refractivity contribution in [3.8, 4) is 5.75 Å². The number of carbonyl (C=O) groups is 3. The van der Waals surface area contributed by atoms with Crippen molar-refractivity contribution in [3.63, 3.8) is 0 Å². The maximum Gasteiger partial charge on any atom is 0.313 e. The molecule has 4 heterocycles. The van der Waals surface area contributed by atoms with Crippen molar-refractivity contribution in [2.75, 3.05) is 31.8 Å². The molecule has 2 saturated heterocycles. The van der Waals surface area contributed by atoms with Crippen LogP contribution >= 0.6 is 0 Å². The van der Waals surface area contributed by atoms with Crippen molar-refractivity contribution < 1.29 is 33.7 Å². The number of rotatable bonds is 5. The third kappa shape index (κ3) is 4.36. The third-order valence-electron chi connectivity index (χ3n) is 8.64. The number of aliphatic hydroxyl groups is 1. The van der Waals surface area contributed by atoms with E-state index in [-0.39, 0.29) is 37.5 Å². The molecule has 0 aromatic heterocycles. The quantitative estimate of drug-likeness (QED) is 0.454. The van der Waals surface area contributed by atoms with Gasteiger partial charge in [-0.15, -0.1) is 0 Å². The van der Waals surface area contributed by atoms with Crippen LogP contribution in [0.15, 0.2) is 48.6 Å². The van der Waals surface area contributed by atoms with Crippen LogP contribution in [0.25, 0.3) is 0 Å². The van der Waals surface area contributed by atoms with Gasteiger partial charge in [-0.3, -0.25) is 14.4 Å². The molecule has 1 unspecified atom stereocenters. The Morgan fingerprint density at radius 2 is 1.79 bits per heavy atom. The molecule has 1 spiro atoms. The summed E-state index contributed by atoms with van der Waals surface area (Å²) in [4.78, 5) is 45.6. The van der Waals surface area contributed by atoms with E-state index in [1.54, 1.807) is 49.3 Å². The molecule has 1 aromatic carbocycles. The lowest BCUT2D eigenvalue weighted by Gasteiger charge is -2.41. The average Bonchev–Trinajstić information content (AvgIpc) is 3.24. The fraction of sp³-hybridized carbons (Fsp3) is 0.567. The molecule has 4 aliphatic heterocycles. The summed E-state index contributed by atoms with van der Waals surface area (Å²) in [5, 5.41) is 10.4. The molecule has 2 fully saturated rings. The Bertz CT molecular complexity index is 1180. The lowest BCUT2D eigenvalue weighted by atomic mass is 9.74. The average molecular weight is 539 g/mol. The highest BCUT2D eigenvalue weighted by atomic mass is 16.6. The molecule has 2 amide bonds. The Balaban J connectivity index is 1.66. The van der Waals surface area contributed by atoms with E-state index in [4.69, 9.17) is 14.2 Å². The van der Waals surface area contributed by atoms with Gasteiger partial charge < -0.3 is 29.1 Å². The first-order chi connectivity index (χ1) is 18.7. The number of allylic oxidation sites excluding steroid dienone is 1.